The van der Waals surface area contributed by atoms with Crippen LogP contribution in [0.3, 0.4) is 0 Å². The van der Waals surface area contributed by atoms with Crippen LogP contribution in [0, 0.1) is 11.3 Å². The third kappa shape index (κ3) is 4.50. The molecule has 19 heavy (non-hydrogen) atoms. The molecule has 7 heteroatoms. The average Bonchev–Trinajstić information content (AvgIpc) is 2.30. The molecule has 0 radical (unpaired) electrons. The van der Waals surface area contributed by atoms with Crippen LogP contribution in [0.4, 0.5) is 13.2 Å². The Balaban J connectivity index is 3.10. The topological polar surface area (TPSA) is 59.3 Å². The molecule has 0 aliphatic heterocycles. The minimum Gasteiger partial charge on any atom is -0.466 e. The zero-order valence-electron chi connectivity index (χ0n) is 9.95. The first-order valence-corrected chi connectivity index (χ1v) is 5.30. The van der Waals surface area contributed by atoms with Gasteiger partial charge in [-0.1, -0.05) is 12.1 Å². The normalized spacial score (nSPS) is 10.7. The van der Waals surface area contributed by atoms with Crippen molar-refractivity contribution in [1.29, 1.82) is 5.26 Å². The van der Waals surface area contributed by atoms with Crippen molar-refractivity contribution in [3.8, 4) is 11.8 Å². The van der Waals surface area contributed by atoms with E-state index in [-0.39, 0.29) is 17.7 Å². The van der Waals surface area contributed by atoms with Crippen LogP contribution in [0.1, 0.15) is 18.1 Å². The van der Waals surface area contributed by atoms with Crippen LogP contribution in [0.25, 0.3) is 0 Å². The summed E-state index contributed by atoms with van der Waals surface area (Å²) < 4.78 is 45.3. The van der Waals surface area contributed by atoms with Crippen LogP contribution < -0.4 is 4.74 Å². The van der Waals surface area contributed by atoms with Gasteiger partial charge in [0.25, 0.3) is 0 Å². The molecular weight excluding hydrogens is 263 g/mol. The fourth-order valence-electron chi connectivity index (χ4n) is 1.42. The molecule has 1 rings (SSSR count). The van der Waals surface area contributed by atoms with Crippen molar-refractivity contribution in [2.75, 3.05) is 6.61 Å². The molecule has 0 spiro atoms. The quantitative estimate of drug-likeness (QED) is 0.791. The predicted molar refractivity (Wildman–Crippen MR) is 58.2 cm³/mol. The van der Waals surface area contributed by atoms with E-state index in [1.54, 1.807) is 13.0 Å². The molecule has 0 amide bonds. The van der Waals surface area contributed by atoms with Gasteiger partial charge in [-0.15, -0.1) is 13.2 Å². The second-order valence-corrected chi connectivity index (χ2v) is 3.44. The third-order valence-electron chi connectivity index (χ3n) is 2.07. The predicted octanol–water partition coefficient (Wildman–Crippen LogP) is 2.56. The Morgan fingerprint density at radius 1 is 1.42 bits per heavy atom. The van der Waals surface area contributed by atoms with Crippen LogP contribution in [0.5, 0.6) is 5.75 Å². The van der Waals surface area contributed by atoms with E-state index in [0.717, 1.165) is 0 Å². The van der Waals surface area contributed by atoms with Gasteiger partial charge < -0.3 is 9.47 Å². The van der Waals surface area contributed by atoms with Crippen LogP contribution in [0.2, 0.25) is 0 Å². The second-order valence-electron chi connectivity index (χ2n) is 3.44. The number of carbonyl (C=O) groups excluding carboxylic acids is 1. The maximum absolute atomic E-state index is 12.3. The standard InChI is InChI=1S/C12H10F3NO3/c1-2-18-10(17)6-8-4-3-5-9(7-16)11(8)19-12(13,14)15/h3-5H,2,6H2,1H3. The summed E-state index contributed by atoms with van der Waals surface area (Å²) >= 11 is 0. The van der Waals surface area contributed by atoms with E-state index in [9.17, 15) is 18.0 Å². The fourth-order valence-corrected chi connectivity index (χ4v) is 1.42. The summed E-state index contributed by atoms with van der Waals surface area (Å²) in [7, 11) is 0. The third-order valence-corrected chi connectivity index (χ3v) is 2.07. The first-order valence-electron chi connectivity index (χ1n) is 5.30. The molecule has 0 N–H and O–H groups in total. The van der Waals surface area contributed by atoms with Crippen molar-refractivity contribution in [2.24, 2.45) is 0 Å². The van der Waals surface area contributed by atoms with Crippen molar-refractivity contribution in [3.63, 3.8) is 0 Å². The SMILES string of the molecule is CCOC(=O)Cc1cccc(C#N)c1OC(F)(F)F. The lowest BCUT2D eigenvalue weighted by Gasteiger charge is -2.14. The number of nitriles is 1. The van der Waals surface area contributed by atoms with Crippen molar-refractivity contribution >= 4 is 5.97 Å². The van der Waals surface area contributed by atoms with Crippen LogP contribution >= 0.6 is 0 Å². The molecule has 0 heterocycles. The zero-order chi connectivity index (χ0) is 14.5. The average molecular weight is 273 g/mol. The molecular formula is C12H10F3NO3. The van der Waals surface area contributed by atoms with Gasteiger partial charge in [0.1, 0.15) is 6.07 Å². The molecule has 4 nitrogen and oxygen atoms in total. The first-order chi connectivity index (χ1) is 8.87. The molecule has 0 saturated carbocycles. The van der Waals surface area contributed by atoms with Crippen LogP contribution in [-0.4, -0.2) is 18.9 Å². The summed E-state index contributed by atoms with van der Waals surface area (Å²) in [6.07, 6.45) is -5.33. The molecule has 0 aromatic heterocycles. The van der Waals surface area contributed by atoms with Crippen LogP contribution in [0.15, 0.2) is 18.2 Å². The summed E-state index contributed by atoms with van der Waals surface area (Å²) in [4.78, 5) is 11.3. The Kier molecular flexibility index (Phi) is 4.75. The molecule has 0 atom stereocenters. The number of hydrogen-bond donors (Lipinski definition) is 0. The van der Waals surface area contributed by atoms with E-state index in [2.05, 4.69) is 9.47 Å². The first kappa shape index (κ1) is 14.8. The van der Waals surface area contributed by atoms with Crippen molar-refractivity contribution in [3.05, 3.63) is 29.3 Å². The molecule has 0 bridgehead atoms. The number of benzene rings is 1. The number of para-hydroxylation sites is 1. The number of nitrogens with zero attached hydrogens (tertiary/aromatic N) is 1. The summed E-state index contributed by atoms with van der Waals surface area (Å²) in [5.74, 6) is -1.35. The van der Waals surface area contributed by atoms with E-state index in [1.165, 1.54) is 18.2 Å². The summed E-state index contributed by atoms with van der Waals surface area (Å²) in [5.41, 5.74) is -0.339. The number of esters is 1. The van der Waals surface area contributed by atoms with Gasteiger partial charge in [0.15, 0.2) is 5.75 Å². The van der Waals surface area contributed by atoms with E-state index in [4.69, 9.17) is 5.26 Å². The van der Waals surface area contributed by atoms with Gasteiger partial charge in [-0.25, -0.2) is 0 Å². The van der Waals surface area contributed by atoms with Crippen LogP contribution in [-0.2, 0) is 16.0 Å². The van der Waals surface area contributed by atoms with Gasteiger partial charge in [0.2, 0.25) is 0 Å². The molecule has 0 aliphatic rings. The Hall–Kier alpha value is -2.23. The van der Waals surface area contributed by atoms with Gasteiger partial charge in [-0.3, -0.25) is 4.79 Å². The largest absolute Gasteiger partial charge is 0.573 e. The second kappa shape index (κ2) is 6.09. The number of rotatable bonds is 4. The number of alkyl halides is 3. The minimum atomic E-state index is -4.93. The molecule has 102 valence electrons. The number of halogens is 3. The molecule has 0 unspecified atom stereocenters. The molecule has 1 aromatic carbocycles. The fraction of sp³-hybridized carbons (Fsp3) is 0.333. The molecule has 0 aliphatic carbocycles. The lowest BCUT2D eigenvalue weighted by molar-refractivity contribution is -0.275. The highest BCUT2D eigenvalue weighted by Gasteiger charge is 2.33. The Bertz CT molecular complexity index is 506. The van der Waals surface area contributed by atoms with Gasteiger partial charge >= 0.3 is 12.3 Å². The summed E-state index contributed by atoms with van der Waals surface area (Å²) in [6.45, 7) is 1.70. The van der Waals surface area contributed by atoms with E-state index >= 15 is 0 Å². The van der Waals surface area contributed by atoms with E-state index in [1.807, 2.05) is 0 Å². The molecule has 0 saturated heterocycles. The monoisotopic (exact) mass is 273 g/mol. The van der Waals surface area contributed by atoms with Gasteiger partial charge in [-0.2, -0.15) is 5.26 Å². The summed E-state index contributed by atoms with van der Waals surface area (Å²) in [5, 5.41) is 8.76. The number of ether oxygens (including phenoxy) is 2. The van der Waals surface area contributed by atoms with Crippen molar-refractivity contribution < 1.29 is 27.4 Å². The lowest BCUT2D eigenvalue weighted by Crippen LogP contribution is -2.20. The van der Waals surface area contributed by atoms with E-state index < -0.39 is 24.5 Å². The van der Waals surface area contributed by atoms with Crippen molar-refractivity contribution in [2.45, 2.75) is 19.7 Å². The molecule has 1 aromatic rings. The van der Waals surface area contributed by atoms with Crippen molar-refractivity contribution in [1.82, 2.24) is 0 Å². The lowest BCUT2D eigenvalue weighted by atomic mass is 10.1. The molecule has 0 fully saturated rings. The highest BCUT2D eigenvalue weighted by molar-refractivity contribution is 5.74. The zero-order valence-corrected chi connectivity index (χ0v) is 9.95. The number of hydrogen-bond acceptors (Lipinski definition) is 4. The van der Waals surface area contributed by atoms with Gasteiger partial charge in [0.05, 0.1) is 18.6 Å². The minimum absolute atomic E-state index is 0.0465. The maximum Gasteiger partial charge on any atom is 0.573 e. The van der Waals surface area contributed by atoms with E-state index in [0.29, 0.717) is 0 Å². The van der Waals surface area contributed by atoms with Gasteiger partial charge in [-0.05, 0) is 13.0 Å². The number of carbonyl (C=O) groups is 1. The Morgan fingerprint density at radius 2 is 2.11 bits per heavy atom. The maximum atomic E-state index is 12.3. The highest BCUT2D eigenvalue weighted by atomic mass is 19.4. The van der Waals surface area contributed by atoms with Gasteiger partial charge in [0, 0.05) is 5.56 Å². The highest BCUT2D eigenvalue weighted by Crippen LogP contribution is 2.30. The smallest absolute Gasteiger partial charge is 0.466 e. The summed E-state index contributed by atoms with van der Waals surface area (Å²) in [6, 6.07) is 5.41. The Morgan fingerprint density at radius 3 is 2.63 bits per heavy atom. The Labute approximate surface area is 107 Å².